The Morgan fingerprint density at radius 1 is 0.615 bits per heavy atom. The van der Waals surface area contributed by atoms with Gasteiger partial charge in [0.2, 0.25) is 0 Å². The summed E-state index contributed by atoms with van der Waals surface area (Å²) < 4.78 is 2.16. The van der Waals surface area contributed by atoms with Crippen LogP contribution in [-0.2, 0) is 13.5 Å². The smallest absolute Gasteiger partial charge is 0.171 e. The van der Waals surface area contributed by atoms with Crippen molar-refractivity contribution in [2.45, 2.75) is 122 Å². The van der Waals surface area contributed by atoms with Crippen LogP contribution in [0.4, 0.5) is 0 Å². The van der Waals surface area contributed by atoms with Crippen LogP contribution in [0, 0.1) is 0 Å². The Bertz CT molecular complexity index is 412. The molecule has 26 heavy (non-hydrogen) atoms. The first kappa shape index (κ1) is 23.2. The molecule has 0 amide bonds. The fourth-order valence-corrected chi connectivity index (χ4v) is 3.85. The molecule has 1 nitrogen and oxygen atoms in total. The second kappa shape index (κ2) is 17.6. The van der Waals surface area contributed by atoms with Crippen LogP contribution >= 0.6 is 0 Å². The van der Waals surface area contributed by atoms with Crippen LogP contribution < -0.4 is 4.57 Å². The zero-order valence-corrected chi connectivity index (χ0v) is 18.0. The normalized spacial score (nSPS) is 11.2. The molecule has 1 aromatic rings. The molecule has 1 aromatic heterocycles. The van der Waals surface area contributed by atoms with Gasteiger partial charge in [-0.3, -0.25) is 0 Å². The molecule has 0 fully saturated rings. The monoisotopic (exact) mass is 360 g/mol. The molecule has 0 aliphatic rings. The zero-order chi connectivity index (χ0) is 18.7. The number of aryl methyl sites for hydroxylation is 2. The van der Waals surface area contributed by atoms with Crippen molar-refractivity contribution in [3.8, 4) is 0 Å². The molecule has 150 valence electrons. The van der Waals surface area contributed by atoms with Gasteiger partial charge in [0.25, 0.3) is 0 Å². The lowest BCUT2D eigenvalue weighted by Crippen LogP contribution is -2.26. The highest BCUT2D eigenvalue weighted by molar-refractivity contribution is 5.05. The van der Waals surface area contributed by atoms with E-state index in [-0.39, 0.29) is 0 Å². The largest absolute Gasteiger partial charge is 0.208 e. The molecule has 0 spiro atoms. The highest BCUT2D eigenvalue weighted by Crippen LogP contribution is 2.14. The van der Waals surface area contributed by atoms with Crippen molar-refractivity contribution in [3.05, 3.63) is 30.1 Å². The molecule has 0 saturated heterocycles. The van der Waals surface area contributed by atoms with Crippen molar-refractivity contribution >= 4 is 0 Å². The summed E-state index contributed by atoms with van der Waals surface area (Å²) in [6, 6.07) is 4.41. The summed E-state index contributed by atoms with van der Waals surface area (Å²) in [5.74, 6) is 0. The Balaban J connectivity index is 1.73. The van der Waals surface area contributed by atoms with Crippen molar-refractivity contribution in [2.24, 2.45) is 7.05 Å². The molecule has 0 N–H and O–H groups in total. The maximum atomic E-state index is 2.30. The molecule has 0 radical (unpaired) electrons. The van der Waals surface area contributed by atoms with Gasteiger partial charge in [-0.05, 0) is 18.9 Å². The standard InChI is InChI=1S/C25H46N/c1-3-4-5-6-7-8-9-10-11-12-13-14-15-16-17-18-19-21-25-22-20-23-26(2)24-25/h20,22-24H,3-19,21H2,1-2H3/q+1. The van der Waals surface area contributed by atoms with Gasteiger partial charge in [0.05, 0.1) is 0 Å². The average molecular weight is 361 g/mol. The molecule has 0 unspecified atom stereocenters. The minimum absolute atomic E-state index is 1.24. The number of rotatable bonds is 18. The van der Waals surface area contributed by atoms with Gasteiger partial charge in [-0.1, -0.05) is 110 Å². The fraction of sp³-hybridized carbons (Fsp3) is 0.800. The predicted octanol–water partition coefficient (Wildman–Crippen LogP) is 7.71. The third-order valence-corrected chi connectivity index (χ3v) is 5.57. The van der Waals surface area contributed by atoms with Crippen LogP contribution in [0.3, 0.4) is 0 Å². The number of hydrogen-bond donors (Lipinski definition) is 0. The minimum atomic E-state index is 1.24. The second-order valence-electron chi connectivity index (χ2n) is 8.28. The molecule has 0 aromatic carbocycles. The zero-order valence-electron chi connectivity index (χ0n) is 18.0. The van der Waals surface area contributed by atoms with Crippen molar-refractivity contribution < 1.29 is 4.57 Å². The van der Waals surface area contributed by atoms with Crippen LogP contribution in [0.25, 0.3) is 0 Å². The molecule has 0 aliphatic carbocycles. The Labute approximate surface area is 164 Å². The van der Waals surface area contributed by atoms with Crippen LogP contribution in [0.5, 0.6) is 0 Å². The van der Waals surface area contributed by atoms with Gasteiger partial charge in [0.1, 0.15) is 7.05 Å². The Morgan fingerprint density at radius 2 is 1.04 bits per heavy atom. The van der Waals surface area contributed by atoms with Crippen molar-refractivity contribution in [1.29, 1.82) is 0 Å². The van der Waals surface area contributed by atoms with Gasteiger partial charge >= 0.3 is 0 Å². The summed E-state index contributed by atoms with van der Waals surface area (Å²) in [5, 5.41) is 0. The molecule has 1 rings (SSSR count). The highest BCUT2D eigenvalue weighted by atomic mass is 14.9. The molecule has 1 heterocycles. The summed E-state index contributed by atoms with van der Waals surface area (Å²) in [4.78, 5) is 0. The van der Waals surface area contributed by atoms with Gasteiger partial charge < -0.3 is 0 Å². The van der Waals surface area contributed by atoms with Crippen molar-refractivity contribution in [1.82, 2.24) is 0 Å². The molecule has 0 saturated carbocycles. The molecule has 0 aliphatic heterocycles. The topological polar surface area (TPSA) is 3.88 Å². The van der Waals surface area contributed by atoms with Crippen LogP contribution in [0.15, 0.2) is 24.5 Å². The Hall–Kier alpha value is -0.850. The first-order chi connectivity index (χ1) is 12.8. The van der Waals surface area contributed by atoms with Crippen molar-refractivity contribution in [3.63, 3.8) is 0 Å². The second-order valence-corrected chi connectivity index (χ2v) is 8.28. The van der Waals surface area contributed by atoms with E-state index in [9.17, 15) is 0 Å². The van der Waals surface area contributed by atoms with E-state index in [0.29, 0.717) is 0 Å². The first-order valence-electron chi connectivity index (χ1n) is 11.8. The fourth-order valence-electron chi connectivity index (χ4n) is 3.85. The summed E-state index contributed by atoms with van der Waals surface area (Å²) in [5.41, 5.74) is 1.48. The van der Waals surface area contributed by atoms with Gasteiger partial charge in [-0.2, -0.15) is 0 Å². The molecule has 0 bridgehead atoms. The van der Waals surface area contributed by atoms with Crippen LogP contribution in [0.1, 0.15) is 122 Å². The minimum Gasteiger partial charge on any atom is -0.208 e. The summed E-state index contributed by atoms with van der Waals surface area (Å²) in [6.07, 6.45) is 30.2. The molecular weight excluding hydrogens is 314 g/mol. The van der Waals surface area contributed by atoms with E-state index < -0.39 is 0 Å². The Morgan fingerprint density at radius 3 is 1.46 bits per heavy atom. The quantitative estimate of drug-likeness (QED) is 0.186. The predicted molar refractivity (Wildman–Crippen MR) is 115 cm³/mol. The van der Waals surface area contributed by atoms with E-state index in [1.165, 1.54) is 121 Å². The maximum absolute atomic E-state index is 2.30. The first-order valence-corrected chi connectivity index (χ1v) is 11.8. The molecule has 1 heteroatoms. The van der Waals surface area contributed by atoms with E-state index in [0.717, 1.165) is 0 Å². The number of unbranched alkanes of at least 4 members (excludes halogenated alkanes) is 16. The lowest BCUT2D eigenvalue weighted by Gasteiger charge is -2.04. The SMILES string of the molecule is CCCCCCCCCCCCCCCCCCCc1ccc[n+](C)c1. The van der Waals surface area contributed by atoms with Crippen molar-refractivity contribution in [2.75, 3.05) is 0 Å². The molecular formula is C25H46N+. The van der Waals surface area contributed by atoms with Crippen LogP contribution in [0.2, 0.25) is 0 Å². The summed E-state index contributed by atoms with van der Waals surface area (Å²) >= 11 is 0. The number of nitrogens with zero attached hydrogens (tertiary/aromatic N) is 1. The third kappa shape index (κ3) is 14.3. The van der Waals surface area contributed by atoms with E-state index in [1.54, 1.807) is 0 Å². The van der Waals surface area contributed by atoms with E-state index >= 15 is 0 Å². The summed E-state index contributed by atoms with van der Waals surface area (Å²) in [6.45, 7) is 2.30. The lowest BCUT2D eigenvalue weighted by molar-refractivity contribution is -0.671. The third-order valence-electron chi connectivity index (χ3n) is 5.57. The van der Waals surface area contributed by atoms with Crippen LogP contribution in [-0.4, -0.2) is 0 Å². The van der Waals surface area contributed by atoms with E-state index in [4.69, 9.17) is 0 Å². The van der Waals surface area contributed by atoms with E-state index in [2.05, 4.69) is 43.1 Å². The van der Waals surface area contributed by atoms with Gasteiger partial charge in [0.15, 0.2) is 12.4 Å². The maximum Gasteiger partial charge on any atom is 0.171 e. The van der Waals surface area contributed by atoms with E-state index in [1.807, 2.05) is 0 Å². The highest BCUT2D eigenvalue weighted by Gasteiger charge is 1.98. The summed E-state index contributed by atoms with van der Waals surface area (Å²) in [7, 11) is 2.11. The number of aromatic nitrogens is 1. The Kier molecular flexibility index (Phi) is 15.7. The number of pyridine rings is 1. The lowest BCUT2D eigenvalue weighted by atomic mass is 10.0. The average Bonchev–Trinajstić information content (AvgIpc) is 2.64. The molecule has 0 atom stereocenters. The van der Waals surface area contributed by atoms with Gasteiger partial charge in [0, 0.05) is 11.6 Å². The van der Waals surface area contributed by atoms with Gasteiger partial charge in [-0.25, -0.2) is 4.57 Å². The number of hydrogen-bond acceptors (Lipinski definition) is 0. The van der Waals surface area contributed by atoms with Gasteiger partial charge in [-0.15, -0.1) is 0 Å².